The highest BCUT2D eigenvalue weighted by molar-refractivity contribution is 7.93. The highest BCUT2D eigenvalue weighted by atomic mass is 32.2. The molecule has 7 nitrogen and oxygen atoms in total. The van der Waals surface area contributed by atoms with Crippen molar-refractivity contribution < 1.29 is 17.9 Å². The Balaban J connectivity index is 1.69. The molecule has 0 radical (unpaired) electrons. The van der Waals surface area contributed by atoms with Gasteiger partial charge in [-0.3, -0.25) is 9.52 Å². The van der Waals surface area contributed by atoms with E-state index in [9.17, 15) is 13.2 Å². The van der Waals surface area contributed by atoms with Crippen molar-refractivity contribution in [1.29, 1.82) is 0 Å². The second-order valence-corrected chi connectivity index (χ2v) is 8.69. The Morgan fingerprint density at radius 1 is 1.14 bits per heavy atom. The van der Waals surface area contributed by atoms with E-state index in [-0.39, 0.29) is 16.9 Å². The van der Waals surface area contributed by atoms with Crippen LogP contribution in [-0.2, 0) is 10.0 Å². The van der Waals surface area contributed by atoms with Gasteiger partial charge in [-0.15, -0.1) is 11.3 Å². The van der Waals surface area contributed by atoms with Crippen molar-refractivity contribution in [2.45, 2.75) is 24.8 Å². The van der Waals surface area contributed by atoms with Crippen LogP contribution in [0.5, 0.6) is 5.75 Å². The Hall–Kier alpha value is -2.91. The van der Waals surface area contributed by atoms with E-state index in [1.54, 1.807) is 29.6 Å². The summed E-state index contributed by atoms with van der Waals surface area (Å²) in [4.78, 5) is 16.4. The summed E-state index contributed by atoms with van der Waals surface area (Å²) in [6, 6.07) is 12.8. The van der Waals surface area contributed by atoms with E-state index in [0.717, 1.165) is 0 Å². The van der Waals surface area contributed by atoms with E-state index in [4.69, 9.17) is 4.74 Å². The number of ether oxygens (including phenoxy) is 1. The Morgan fingerprint density at radius 3 is 2.54 bits per heavy atom. The average Bonchev–Trinajstić information content (AvgIpc) is 3.14. The van der Waals surface area contributed by atoms with Gasteiger partial charge in [0.2, 0.25) is 0 Å². The van der Waals surface area contributed by atoms with Crippen LogP contribution >= 0.6 is 11.3 Å². The molecular formula is C19H19N3O4S2. The first kappa shape index (κ1) is 19.8. The number of carbonyl (C=O) groups excluding carboxylic acids is 1. The third-order valence-corrected chi connectivity index (χ3v) is 5.72. The number of nitrogens with one attached hydrogen (secondary N) is 2. The molecule has 1 heterocycles. The fourth-order valence-corrected chi connectivity index (χ4v) is 4.14. The Labute approximate surface area is 167 Å². The van der Waals surface area contributed by atoms with Crippen molar-refractivity contribution in [1.82, 2.24) is 4.98 Å². The smallest absolute Gasteiger partial charge is 0.263 e. The van der Waals surface area contributed by atoms with Crippen LogP contribution in [0.15, 0.2) is 65.0 Å². The molecule has 1 aromatic heterocycles. The summed E-state index contributed by atoms with van der Waals surface area (Å²) in [5, 5.41) is 4.71. The summed E-state index contributed by atoms with van der Waals surface area (Å²) in [6.07, 6.45) is 1.52. The number of amides is 1. The molecule has 1 amide bonds. The molecule has 0 saturated heterocycles. The Kier molecular flexibility index (Phi) is 5.96. The van der Waals surface area contributed by atoms with Crippen molar-refractivity contribution in [2.24, 2.45) is 0 Å². The molecule has 3 aromatic rings. The lowest BCUT2D eigenvalue weighted by Gasteiger charge is -2.11. The van der Waals surface area contributed by atoms with Crippen LogP contribution in [0.4, 0.5) is 10.8 Å². The number of carbonyl (C=O) groups is 1. The van der Waals surface area contributed by atoms with Crippen LogP contribution in [0.25, 0.3) is 0 Å². The topological polar surface area (TPSA) is 97.4 Å². The summed E-state index contributed by atoms with van der Waals surface area (Å²) in [6.45, 7) is 3.82. The standard InChI is InChI=1S/C19H19N3O4S2/c1-13(2)26-16-5-3-4-14(12-16)18(23)21-15-6-8-17(9-7-15)28(24,25)22-19-20-10-11-27-19/h3-13H,1-2H3,(H,20,22)(H,21,23). The van der Waals surface area contributed by atoms with Gasteiger partial charge < -0.3 is 10.1 Å². The first-order valence-corrected chi connectivity index (χ1v) is 10.8. The lowest BCUT2D eigenvalue weighted by atomic mass is 10.2. The average molecular weight is 418 g/mol. The molecule has 0 bridgehead atoms. The van der Waals surface area contributed by atoms with Crippen molar-refractivity contribution in [3.63, 3.8) is 0 Å². The van der Waals surface area contributed by atoms with Crippen LogP contribution in [0.3, 0.4) is 0 Å². The number of hydrogen-bond donors (Lipinski definition) is 2. The first-order chi connectivity index (χ1) is 13.3. The zero-order valence-electron chi connectivity index (χ0n) is 15.2. The zero-order valence-corrected chi connectivity index (χ0v) is 16.9. The fraction of sp³-hybridized carbons (Fsp3) is 0.158. The third-order valence-electron chi connectivity index (χ3n) is 3.54. The second kappa shape index (κ2) is 8.41. The van der Waals surface area contributed by atoms with Gasteiger partial charge in [0.25, 0.3) is 15.9 Å². The quantitative estimate of drug-likeness (QED) is 0.606. The molecule has 9 heteroatoms. The lowest BCUT2D eigenvalue weighted by Crippen LogP contribution is -2.14. The summed E-state index contributed by atoms with van der Waals surface area (Å²) in [7, 11) is -3.73. The maximum Gasteiger partial charge on any atom is 0.263 e. The minimum Gasteiger partial charge on any atom is -0.491 e. The van der Waals surface area contributed by atoms with Gasteiger partial charge in [-0.25, -0.2) is 13.4 Å². The maximum absolute atomic E-state index is 12.4. The van der Waals surface area contributed by atoms with Crippen LogP contribution < -0.4 is 14.8 Å². The SMILES string of the molecule is CC(C)Oc1cccc(C(=O)Nc2ccc(S(=O)(=O)Nc3nccs3)cc2)c1. The number of sulfonamides is 1. The van der Waals surface area contributed by atoms with Gasteiger partial charge in [0.1, 0.15) is 5.75 Å². The van der Waals surface area contributed by atoms with Crippen LogP contribution in [0.1, 0.15) is 24.2 Å². The number of benzene rings is 2. The number of hydrogen-bond acceptors (Lipinski definition) is 6. The second-order valence-electron chi connectivity index (χ2n) is 6.12. The molecule has 0 aliphatic rings. The summed E-state index contributed by atoms with van der Waals surface area (Å²) < 4.78 is 32.7. The van der Waals surface area contributed by atoms with E-state index >= 15 is 0 Å². The molecule has 0 aliphatic carbocycles. The van der Waals surface area contributed by atoms with Crippen molar-refractivity contribution in [3.05, 3.63) is 65.7 Å². The minimum absolute atomic E-state index is 0.00536. The number of rotatable bonds is 7. The number of nitrogens with zero attached hydrogens (tertiary/aromatic N) is 1. The monoisotopic (exact) mass is 417 g/mol. The molecule has 3 rings (SSSR count). The van der Waals surface area contributed by atoms with E-state index in [2.05, 4.69) is 15.0 Å². The largest absolute Gasteiger partial charge is 0.491 e. The first-order valence-electron chi connectivity index (χ1n) is 8.44. The van der Waals surface area contributed by atoms with Crippen molar-refractivity contribution in [2.75, 3.05) is 10.0 Å². The van der Waals surface area contributed by atoms with Gasteiger partial charge in [0.05, 0.1) is 11.0 Å². The third kappa shape index (κ3) is 5.08. The molecule has 0 spiro atoms. The molecular weight excluding hydrogens is 398 g/mol. The van der Waals surface area contributed by atoms with Gasteiger partial charge in [0.15, 0.2) is 5.13 Å². The predicted molar refractivity (Wildman–Crippen MR) is 110 cm³/mol. The van der Waals surface area contributed by atoms with Gasteiger partial charge >= 0.3 is 0 Å². The molecule has 2 aromatic carbocycles. The predicted octanol–water partition coefficient (Wildman–Crippen LogP) is 3.98. The molecule has 0 atom stereocenters. The maximum atomic E-state index is 12.4. The van der Waals surface area contributed by atoms with Gasteiger partial charge in [-0.2, -0.15) is 0 Å². The molecule has 146 valence electrons. The zero-order chi connectivity index (χ0) is 20.1. The van der Waals surface area contributed by atoms with Gasteiger partial charge in [-0.05, 0) is 56.3 Å². The summed E-state index contributed by atoms with van der Waals surface area (Å²) >= 11 is 1.19. The van der Waals surface area contributed by atoms with E-state index in [1.807, 2.05) is 13.8 Å². The molecule has 2 N–H and O–H groups in total. The Morgan fingerprint density at radius 2 is 1.89 bits per heavy atom. The van der Waals surface area contributed by atoms with Crippen LogP contribution in [-0.4, -0.2) is 25.4 Å². The van der Waals surface area contributed by atoms with Gasteiger partial charge in [-0.1, -0.05) is 6.07 Å². The van der Waals surface area contributed by atoms with E-state index in [1.165, 1.54) is 41.8 Å². The number of anilines is 2. The van der Waals surface area contributed by atoms with E-state index < -0.39 is 10.0 Å². The highest BCUT2D eigenvalue weighted by Gasteiger charge is 2.16. The van der Waals surface area contributed by atoms with Crippen molar-refractivity contribution >= 4 is 38.1 Å². The lowest BCUT2D eigenvalue weighted by molar-refractivity contribution is 0.102. The van der Waals surface area contributed by atoms with Gasteiger partial charge in [0, 0.05) is 22.8 Å². The molecule has 0 saturated carbocycles. The summed E-state index contributed by atoms with van der Waals surface area (Å²) in [5.74, 6) is 0.295. The number of aromatic nitrogens is 1. The number of thiazole rings is 1. The molecule has 0 unspecified atom stereocenters. The fourth-order valence-electron chi connectivity index (χ4n) is 2.35. The molecule has 0 aliphatic heterocycles. The van der Waals surface area contributed by atoms with E-state index in [0.29, 0.717) is 22.1 Å². The molecule has 28 heavy (non-hydrogen) atoms. The highest BCUT2D eigenvalue weighted by Crippen LogP contribution is 2.21. The minimum atomic E-state index is -3.73. The van der Waals surface area contributed by atoms with Crippen molar-refractivity contribution in [3.8, 4) is 5.75 Å². The molecule has 0 fully saturated rings. The normalized spacial score (nSPS) is 11.2. The Bertz CT molecular complexity index is 1050. The van der Waals surface area contributed by atoms with Crippen LogP contribution in [0, 0.1) is 0 Å². The summed E-state index contributed by atoms with van der Waals surface area (Å²) in [5.41, 5.74) is 0.925. The van der Waals surface area contributed by atoms with Crippen LogP contribution in [0.2, 0.25) is 0 Å².